The first kappa shape index (κ1) is 19.7. The van der Waals surface area contributed by atoms with Crippen molar-refractivity contribution < 1.29 is 22.0 Å². The third-order valence-electron chi connectivity index (χ3n) is 5.94. The molecule has 0 atom stereocenters. The molecule has 0 radical (unpaired) electrons. The Bertz CT molecular complexity index is 1370. The molecule has 0 aliphatic rings. The lowest BCUT2D eigenvalue weighted by Gasteiger charge is -2.19. The van der Waals surface area contributed by atoms with Gasteiger partial charge < -0.3 is 0 Å². The highest BCUT2D eigenvalue weighted by Crippen LogP contribution is 2.40. The average Bonchev–Trinajstić information content (AvgIpc) is 2.76. The van der Waals surface area contributed by atoms with Crippen LogP contribution in [0.2, 0.25) is 0 Å². The van der Waals surface area contributed by atoms with Crippen LogP contribution in [0.3, 0.4) is 0 Å². The summed E-state index contributed by atoms with van der Waals surface area (Å²) in [5.41, 5.74) is 2.34. The predicted molar refractivity (Wildman–Crippen MR) is 115 cm³/mol. The Morgan fingerprint density at radius 3 is 1.81 bits per heavy atom. The Kier molecular flexibility index (Phi) is 4.40. The first-order chi connectivity index (χ1) is 14.7. The molecule has 0 nitrogen and oxygen atoms in total. The largest absolute Gasteiger partial charge is 0.453 e. The van der Waals surface area contributed by atoms with Gasteiger partial charge in [-0.1, -0.05) is 78.9 Å². The summed E-state index contributed by atoms with van der Waals surface area (Å²) in [6.45, 7) is 0. The average molecular weight is 424 g/mol. The minimum atomic E-state index is -5.52. The molecule has 5 rings (SSSR count). The fourth-order valence-electron chi connectivity index (χ4n) is 4.28. The van der Waals surface area contributed by atoms with Gasteiger partial charge in [0.1, 0.15) is 0 Å². The van der Waals surface area contributed by atoms with Gasteiger partial charge in [-0.05, 0) is 55.4 Å². The van der Waals surface area contributed by atoms with E-state index in [9.17, 15) is 22.0 Å². The summed E-state index contributed by atoms with van der Waals surface area (Å²) in [5, 5.41) is 6.90. The van der Waals surface area contributed by atoms with Crippen LogP contribution in [0, 0.1) is 0 Å². The van der Waals surface area contributed by atoms with E-state index in [1.165, 1.54) is 10.8 Å². The molecule has 0 aliphatic carbocycles. The minimum absolute atomic E-state index is 0.342. The molecule has 0 saturated carbocycles. The molecule has 0 bridgehead atoms. The van der Waals surface area contributed by atoms with Gasteiger partial charge in [-0.25, -0.2) is 0 Å². The maximum Gasteiger partial charge on any atom is 0.453 e. The molecule has 0 amide bonds. The number of hydrogen-bond acceptors (Lipinski definition) is 0. The maximum absolute atomic E-state index is 13.2. The topological polar surface area (TPSA) is 0 Å². The second kappa shape index (κ2) is 6.91. The van der Waals surface area contributed by atoms with Gasteiger partial charge in [0.15, 0.2) is 0 Å². The van der Waals surface area contributed by atoms with E-state index in [-0.39, 0.29) is 6.42 Å². The second-order valence-corrected chi connectivity index (χ2v) is 7.87. The molecule has 0 unspecified atom stereocenters. The summed E-state index contributed by atoms with van der Waals surface area (Å²) in [4.78, 5) is 0. The third kappa shape index (κ3) is 3.29. The highest BCUT2D eigenvalue weighted by Gasteiger charge is 2.56. The lowest BCUT2D eigenvalue weighted by molar-refractivity contribution is -0.284. The summed E-state index contributed by atoms with van der Waals surface area (Å²) < 4.78 is 63.6. The molecular weight excluding hydrogens is 407 g/mol. The zero-order chi connectivity index (χ0) is 21.8. The van der Waals surface area contributed by atoms with Crippen molar-refractivity contribution in [3.63, 3.8) is 0 Å². The lowest BCUT2D eigenvalue weighted by atomic mass is 9.89. The van der Waals surface area contributed by atoms with Crippen LogP contribution in [-0.2, 0) is 6.42 Å². The SMILES string of the molecule is FC(F)(F)C(F)(F)CCc1ccc(-c2ccc3ccc4cccc5ccc2c3c45)cc1. The Morgan fingerprint density at radius 1 is 0.581 bits per heavy atom. The quantitative estimate of drug-likeness (QED) is 0.201. The van der Waals surface area contributed by atoms with Crippen molar-refractivity contribution in [1.82, 2.24) is 0 Å². The third-order valence-corrected chi connectivity index (χ3v) is 5.94. The van der Waals surface area contributed by atoms with Crippen LogP contribution in [0.15, 0.2) is 78.9 Å². The number of halogens is 5. The Hall–Kier alpha value is -3.21. The molecule has 5 aromatic rings. The van der Waals surface area contributed by atoms with Gasteiger partial charge >= 0.3 is 12.1 Å². The Morgan fingerprint density at radius 2 is 1.16 bits per heavy atom. The molecule has 0 spiro atoms. The van der Waals surface area contributed by atoms with Crippen LogP contribution in [0.1, 0.15) is 12.0 Å². The van der Waals surface area contributed by atoms with Gasteiger partial charge in [0.25, 0.3) is 0 Å². The number of benzene rings is 5. The van der Waals surface area contributed by atoms with E-state index >= 15 is 0 Å². The smallest absolute Gasteiger partial charge is 0.196 e. The predicted octanol–water partition coefficient (Wildman–Crippen LogP) is 8.38. The molecular formula is C26H17F5. The summed E-state index contributed by atoms with van der Waals surface area (Å²) in [6.07, 6.45) is -7.12. The van der Waals surface area contributed by atoms with Gasteiger partial charge in [0.2, 0.25) is 0 Å². The first-order valence-corrected chi connectivity index (χ1v) is 9.95. The van der Waals surface area contributed by atoms with Gasteiger partial charge in [0.05, 0.1) is 0 Å². The number of hydrogen-bond donors (Lipinski definition) is 0. The summed E-state index contributed by atoms with van der Waals surface area (Å²) in [6, 6.07) is 25.5. The number of rotatable bonds is 4. The first-order valence-electron chi connectivity index (χ1n) is 9.95. The normalized spacial score (nSPS) is 12.9. The van der Waals surface area contributed by atoms with Crippen molar-refractivity contribution in [3.05, 3.63) is 84.4 Å². The molecule has 5 aromatic carbocycles. The van der Waals surface area contributed by atoms with Crippen LogP contribution in [-0.4, -0.2) is 12.1 Å². The van der Waals surface area contributed by atoms with Crippen molar-refractivity contribution in [1.29, 1.82) is 0 Å². The van der Waals surface area contributed by atoms with Crippen LogP contribution in [0.25, 0.3) is 43.4 Å². The molecule has 0 aliphatic heterocycles. The van der Waals surface area contributed by atoms with Crippen molar-refractivity contribution in [2.75, 3.05) is 0 Å². The van der Waals surface area contributed by atoms with Crippen molar-refractivity contribution in [2.45, 2.75) is 24.9 Å². The molecule has 0 heterocycles. The Balaban J connectivity index is 1.53. The summed E-state index contributed by atoms with van der Waals surface area (Å²) >= 11 is 0. The van der Waals surface area contributed by atoms with E-state index in [0.717, 1.165) is 32.7 Å². The van der Waals surface area contributed by atoms with Gasteiger partial charge in [0, 0.05) is 6.42 Å². The van der Waals surface area contributed by atoms with Gasteiger partial charge in [-0.15, -0.1) is 0 Å². The zero-order valence-corrected chi connectivity index (χ0v) is 16.3. The van der Waals surface area contributed by atoms with Gasteiger partial charge in [-0.3, -0.25) is 0 Å². The van der Waals surface area contributed by atoms with E-state index in [0.29, 0.717) is 5.56 Å². The lowest BCUT2D eigenvalue weighted by Crippen LogP contribution is -2.36. The minimum Gasteiger partial charge on any atom is -0.196 e. The maximum atomic E-state index is 13.2. The van der Waals surface area contributed by atoms with Crippen LogP contribution < -0.4 is 0 Å². The molecule has 156 valence electrons. The van der Waals surface area contributed by atoms with E-state index in [2.05, 4.69) is 42.5 Å². The van der Waals surface area contributed by atoms with E-state index in [1.807, 2.05) is 12.1 Å². The molecule has 31 heavy (non-hydrogen) atoms. The van der Waals surface area contributed by atoms with Crippen molar-refractivity contribution in [3.8, 4) is 11.1 Å². The van der Waals surface area contributed by atoms with E-state index in [1.54, 1.807) is 24.3 Å². The van der Waals surface area contributed by atoms with Crippen LogP contribution in [0.4, 0.5) is 22.0 Å². The van der Waals surface area contributed by atoms with Gasteiger partial charge in [-0.2, -0.15) is 22.0 Å². The molecule has 0 saturated heterocycles. The zero-order valence-electron chi connectivity index (χ0n) is 16.3. The Labute approximate surface area is 175 Å². The highest BCUT2D eigenvalue weighted by atomic mass is 19.4. The molecule has 0 N–H and O–H groups in total. The summed E-state index contributed by atoms with van der Waals surface area (Å²) in [7, 11) is 0. The van der Waals surface area contributed by atoms with E-state index in [4.69, 9.17) is 0 Å². The standard InChI is InChI=1S/C26H17F5/c27-25(28,26(29,30)31)15-14-16-4-6-17(7-5-16)21-12-10-20-9-8-18-2-1-3-19-11-13-22(21)24(20)23(18)19/h1-13H,14-15H2. The van der Waals surface area contributed by atoms with Crippen molar-refractivity contribution >= 4 is 32.3 Å². The molecule has 5 heteroatoms. The van der Waals surface area contributed by atoms with Crippen LogP contribution >= 0.6 is 0 Å². The fourth-order valence-corrected chi connectivity index (χ4v) is 4.28. The summed E-state index contributed by atoms with van der Waals surface area (Å²) in [5.74, 6) is -4.68. The van der Waals surface area contributed by atoms with Crippen molar-refractivity contribution in [2.24, 2.45) is 0 Å². The monoisotopic (exact) mass is 424 g/mol. The van der Waals surface area contributed by atoms with E-state index < -0.39 is 18.5 Å². The molecule has 0 fully saturated rings. The number of aryl methyl sites for hydroxylation is 1. The number of alkyl halides is 5. The fraction of sp³-hybridized carbons (Fsp3) is 0.154. The highest BCUT2D eigenvalue weighted by molar-refractivity contribution is 6.25. The second-order valence-electron chi connectivity index (χ2n) is 7.87. The molecule has 0 aromatic heterocycles. The van der Waals surface area contributed by atoms with Crippen LogP contribution in [0.5, 0.6) is 0 Å².